The van der Waals surface area contributed by atoms with E-state index in [4.69, 9.17) is 10.5 Å². The fourth-order valence-electron chi connectivity index (χ4n) is 2.41. The second-order valence-electron chi connectivity index (χ2n) is 5.32. The summed E-state index contributed by atoms with van der Waals surface area (Å²) < 4.78 is 5.35. The van der Waals surface area contributed by atoms with Crippen LogP contribution in [-0.4, -0.2) is 25.0 Å². The van der Waals surface area contributed by atoms with E-state index in [2.05, 4.69) is 13.0 Å². The van der Waals surface area contributed by atoms with Crippen LogP contribution in [0.1, 0.15) is 36.2 Å². The monoisotopic (exact) mass is 247 g/mol. The molecule has 2 N–H and O–H groups in total. The summed E-state index contributed by atoms with van der Waals surface area (Å²) in [5.41, 5.74) is 7.39. The fourth-order valence-corrected chi connectivity index (χ4v) is 2.41. The number of ketones is 1. The van der Waals surface area contributed by atoms with Crippen molar-refractivity contribution < 1.29 is 9.53 Å². The first-order valence-electron chi connectivity index (χ1n) is 6.55. The van der Waals surface area contributed by atoms with Crippen molar-refractivity contribution in [1.29, 1.82) is 0 Å². The molecular formula is C15H21NO2. The van der Waals surface area contributed by atoms with Crippen LogP contribution in [0.3, 0.4) is 0 Å². The quantitative estimate of drug-likeness (QED) is 0.830. The van der Waals surface area contributed by atoms with Crippen molar-refractivity contribution in [1.82, 2.24) is 0 Å². The Bertz CT molecular complexity index is 444. The molecule has 1 saturated heterocycles. The van der Waals surface area contributed by atoms with Gasteiger partial charge in [0.2, 0.25) is 0 Å². The van der Waals surface area contributed by atoms with Crippen LogP contribution in [0.4, 0.5) is 0 Å². The van der Waals surface area contributed by atoms with Gasteiger partial charge in [-0.1, -0.05) is 31.5 Å². The maximum atomic E-state index is 12.6. The van der Waals surface area contributed by atoms with Gasteiger partial charge in [0, 0.05) is 11.6 Å². The summed E-state index contributed by atoms with van der Waals surface area (Å²) in [5, 5.41) is 0. The Morgan fingerprint density at radius 1 is 1.56 bits per heavy atom. The number of carbonyl (C=O) groups is 1. The Morgan fingerprint density at radius 3 is 2.94 bits per heavy atom. The van der Waals surface area contributed by atoms with Crippen molar-refractivity contribution in [2.24, 2.45) is 11.1 Å². The Morgan fingerprint density at radius 2 is 2.33 bits per heavy atom. The highest BCUT2D eigenvalue weighted by atomic mass is 16.5. The zero-order valence-electron chi connectivity index (χ0n) is 11.1. The molecule has 0 saturated carbocycles. The van der Waals surface area contributed by atoms with E-state index < -0.39 is 5.41 Å². The van der Waals surface area contributed by atoms with Crippen molar-refractivity contribution in [3.63, 3.8) is 0 Å². The van der Waals surface area contributed by atoms with Crippen LogP contribution in [-0.2, 0) is 11.2 Å². The lowest BCUT2D eigenvalue weighted by Gasteiger charge is -2.25. The van der Waals surface area contributed by atoms with Gasteiger partial charge in [0.1, 0.15) is 0 Å². The molecule has 1 heterocycles. The molecule has 3 heteroatoms. The van der Waals surface area contributed by atoms with E-state index in [1.165, 1.54) is 5.56 Å². The number of benzene rings is 1. The number of Topliss-reactive ketones (excluding diaryl/α,β-unsaturated/α-hetero) is 1. The third kappa shape index (κ3) is 2.33. The second-order valence-corrected chi connectivity index (χ2v) is 5.32. The van der Waals surface area contributed by atoms with Crippen molar-refractivity contribution in [3.05, 3.63) is 35.4 Å². The molecule has 2 unspecified atom stereocenters. The van der Waals surface area contributed by atoms with Crippen LogP contribution >= 0.6 is 0 Å². The molecule has 0 aromatic heterocycles. The summed E-state index contributed by atoms with van der Waals surface area (Å²) in [5.74, 6) is 0.102. The van der Waals surface area contributed by atoms with Crippen LogP contribution < -0.4 is 5.73 Å². The van der Waals surface area contributed by atoms with E-state index in [1.54, 1.807) is 0 Å². The predicted octanol–water partition coefficient (Wildman–Crippen LogP) is 2.19. The minimum atomic E-state index is -0.579. The van der Waals surface area contributed by atoms with Gasteiger partial charge in [0.05, 0.1) is 18.6 Å². The molecule has 98 valence electrons. The standard InChI is InChI=1S/C15H21NO2/c1-3-5-11-6-4-7-12(8-11)14(17)15(2)10-18-9-13(15)16/h4,6-8,13H,3,5,9-10,16H2,1-2H3. The molecule has 2 atom stereocenters. The first kappa shape index (κ1) is 13.2. The molecule has 0 bridgehead atoms. The summed E-state index contributed by atoms with van der Waals surface area (Å²) in [6, 6.07) is 7.66. The van der Waals surface area contributed by atoms with E-state index >= 15 is 0 Å². The molecule has 1 aliphatic heterocycles. The number of carbonyl (C=O) groups excluding carboxylic acids is 1. The Balaban J connectivity index is 2.25. The SMILES string of the molecule is CCCc1cccc(C(=O)C2(C)COCC2N)c1. The summed E-state index contributed by atoms with van der Waals surface area (Å²) in [6.07, 6.45) is 2.08. The molecule has 0 spiro atoms. The van der Waals surface area contributed by atoms with E-state index in [0.29, 0.717) is 13.2 Å². The molecule has 1 aromatic carbocycles. The van der Waals surface area contributed by atoms with Crippen molar-refractivity contribution in [2.45, 2.75) is 32.7 Å². The minimum absolute atomic E-state index is 0.102. The molecule has 1 fully saturated rings. The highest BCUT2D eigenvalue weighted by Crippen LogP contribution is 2.31. The first-order chi connectivity index (χ1) is 8.58. The van der Waals surface area contributed by atoms with E-state index in [0.717, 1.165) is 18.4 Å². The van der Waals surface area contributed by atoms with Crippen molar-refractivity contribution in [2.75, 3.05) is 13.2 Å². The van der Waals surface area contributed by atoms with E-state index in [-0.39, 0.29) is 11.8 Å². The Hall–Kier alpha value is -1.19. The number of nitrogens with two attached hydrogens (primary N) is 1. The van der Waals surface area contributed by atoms with Gasteiger partial charge in [0.25, 0.3) is 0 Å². The average Bonchev–Trinajstić information content (AvgIpc) is 2.71. The molecule has 2 rings (SSSR count). The number of rotatable bonds is 4. The van der Waals surface area contributed by atoms with Gasteiger partial charge in [-0.2, -0.15) is 0 Å². The van der Waals surface area contributed by atoms with Gasteiger partial charge in [-0.05, 0) is 25.0 Å². The number of hydrogen-bond donors (Lipinski definition) is 1. The molecule has 1 aliphatic rings. The largest absolute Gasteiger partial charge is 0.379 e. The van der Waals surface area contributed by atoms with Crippen LogP contribution in [0.2, 0.25) is 0 Å². The second kappa shape index (κ2) is 5.21. The van der Waals surface area contributed by atoms with Crippen LogP contribution in [0.15, 0.2) is 24.3 Å². The predicted molar refractivity (Wildman–Crippen MR) is 71.7 cm³/mol. The molecule has 0 amide bonds. The highest BCUT2D eigenvalue weighted by Gasteiger charge is 2.44. The summed E-state index contributed by atoms with van der Waals surface area (Å²) in [4.78, 5) is 12.6. The topological polar surface area (TPSA) is 52.3 Å². The van der Waals surface area contributed by atoms with Gasteiger partial charge in [-0.25, -0.2) is 0 Å². The Kier molecular flexibility index (Phi) is 3.83. The average molecular weight is 247 g/mol. The number of aryl methyl sites for hydroxylation is 1. The molecule has 1 aromatic rings. The van der Waals surface area contributed by atoms with E-state index in [1.807, 2.05) is 25.1 Å². The molecule has 0 radical (unpaired) electrons. The summed E-state index contributed by atoms with van der Waals surface area (Å²) in [7, 11) is 0. The third-order valence-corrected chi connectivity index (χ3v) is 3.76. The van der Waals surface area contributed by atoms with Crippen LogP contribution in [0.5, 0.6) is 0 Å². The van der Waals surface area contributed by atoms with Gasteiger partial charge in [-0.15, -0.1) is 0 Å². The lowest BCUT2D eigenvalue weighted by atomic mass is 9.78. The van der Waals surface area contributed by atoms with Crippen molar-refractivity contribution >= 4 is 5.78 Å². The summed E-state index contributed by atoms with van der Waals surface area (Å²) in [6.45, 7) is 4.93. The van der Waals surface area contributed by atoms with Gasteiger partial charge in [0.15, 0.2) is 5.78 Å². The van der Waals surface area contributed by atoms with Crippen LogP contribution in [0.25, 0.3) is 0 Å². The van der Waals surface area contributed by atoms with Crippen molar-refractivity contribution in [3.8, 4) is 0 Å². The van der Waals surface area contributed by atoms with Gasteiger partial charge in [-0.3, -0.25) is 4.79 Å². The van der Waals surface area contributed by atoms with Gasteiger partial charge < -0.3 is 10.5 Å². The third-order valence-electron chi connectivity index (χ3n) is 3.76. The maximum Gasteiger partial charge on any atom is 0.172 e. The Labute approximate surface area is 108 Å². The van der Waals surface area contributed by atoms with Crippen LogP contribution in [0, 0.1) is 5.41 Å². The van der Waals surface area contributed by atoms with E-state index in [9.17, 15) is 4.79 Å². The summed E-state index contributed by atoms with van der Waals surface area (Å²) >= 11 is 0. The lowest BCUT2D eigenvalue weighted by molar-refractivity contribution is 0.0767. The molecule has 3 nitrogen and oxygen atoms in total. The molecule has 0 aliphatic carbocycles. The smallest absolute Gasteiger partial charge is 0.172 e. The van der Waals surface area contributed by atoms with Gasteiger partial charge >= 0.3 is 0 Å². The zero-order valence-corrected chi connectivity index (χ0v) is 11.1. The maximum absolute atomic E-state index is 12.6. The fraction of sp³-hybridized carbons (Fsp3) is 0.533. The lowest BCUT2D eigenvalue weighted by Crippen LogP contribution is -2.44. The number of hydrogen-bond acceptors (Lipinski definition) is 3. The first-order valence-corrected chi connectivity index (χ1v) is 6.55. The highest BCUT2D eigenvalue weighted by molar-refractivity contribution is 6.01. The number of ether oxygens (including phenoxy) is 1. The zero-order chi connectivity index (χ0) is 13.2. The molecular weight excluding hydrogens is 226 g/mol. The normalized spacial score (nSPS) is 27.4. The molecule has 18 heavy (non-hydrogen) atoms. The minimum Gasteiger partial charge on any atom is -0.379 e.